The van der Waals surface area contributed by atoms with Gasteiger partial charge >= 0.3 is 5.97 Å². The molecule has 0 aromatic carbocycles. The van der Waals surface area contributed by atoms with Gasteiger partial charge in [-0.15, -0.1) is 0 Å². The molecule has 24 heavy (non-hydrogen) atoms. The Morgan fingerprint density at radius 2 is 1.71 bits per heavy atom. The second-order valence-corrected chi connectivity index (χ2v) is 5.90. The third-order valence-corrected chi connectivity index (χ3v) is 3.96. The molecule has 2 rings (SSSR count). The van der Waals surface area contributed by atoms with Crippen molar-refractivity contribution >= 4 is 11.8 Å². The number of aromatic nitrogens is 2. The summed E-state index contributed by atoms with van der Waals surface area (Å²) in [6, 6.07) is 4.05. The monoisotopic (exact) mass is 329 g/mol. The van der Waals surface area contributed by atoms with Crippen LogP contribution in [0, 0.1) is 13.8 Å². The van der Waals surface area contributed by atoms with E-state index in [4.69, 9.17) is 4.74 Å². The maximum atomic E-state index is 12.7. The predicted octanol–water partition coefficient (Wildman–Crippen LogP) is 2.93. The summed E-state index contributed by atoms with van der Waals surface area (Å²) in [7, 11) is 0. The Morgan fingerprint density at radius 3 is 2.29 bits per heavy atom. The Morgan fingerprint density at radius 1 is 1.08 bits per heavy atom. The number of ether oxygens (including phenoxy) is 1. The highest BCUT2D eigenvalue weighted by Gasteiger charge is 2.27. The average Bonchev–Trinajstić information content (AvgIpc) is 2.84. The van der Waals surface area contributed by atoms with E-state index in [0.717, 1.165) is 12.8 Å². The number of carbonyl (C=O) groups is 2. The summed E-state index contributed by atoms with van der Waals surface area (Å²) in [5.74, 6) is -0.556. The minimum absolute atomic E-state index is 0.104. The lowest BCUT2D eigenvalue weighted by Gasteiger charge is -2.05. The molecular weight excluding hydrogens is 304 g/mol. The number of hydrogen-bond donors (Lipinski definition) is 1. The van der Waals surface area contributed by atoms with Gasteiger partial charge in [0.1, 0.15) is 0 Å². The van der Waals surface area contributed by atoms with Crippen LogP contribution in [0.1, 0.15) is 57.9 Å². The summed E-state index contributed by atoms with van der Waals surface area (Å²) < 4.78 is 6.92. The molecule has 5 nitrogen and oxygen atoms in total. The van der Waals surface area contributed by atoms with Gasteiger partial charge in [0, 0.05) is 23.5 Å². The van der Waals surface area contributed by atoms with E-state index in [2.05, 4.69) is 11.9 Å². The number of ketones is 1. The number of nitrogens with one attached hydrogen (secondary N) is 1. The third-order valence-electron chi connectivity index (χ3n) is 3.96. The molecule has 0 saturated heterocycles. The highest BCUT2D eigenvalue weighted by Crippen LogP contribution is 2.20. The number of aryl methyl sites for hydroxylation is 3. The molecule has 1 N–H and O–H groups in total. The van der Waals surface area contributed by atoms with E-state index in [0.29, 0.717) is 22.5 Å². The van der Waals surface area contributed by atoms with Crippen molar-refractivity contribution in [2.24, 2.45) is 0 Å². The minimum Gasteiger partial charge on any atom is -0.462 e. The molecule has 0 atom stereocenters. The Kier molecular flexibility index (Phi) is 5.90. The number of pyridine rings is 1. The van der Waals surface area contributed by atoms with Gasteiger partial charge in [-0.05, 0) is 32.8 Å². The molecule has 2 aromatic rings. The maximum Gasteiger partial charge on any atom is 0.340 e. The fourth-order valence-corrected chi connectivity index (χ4v) is 2.88. The fourth-order valence-electron chi connectivity index (χ4n) is 2.88. The summed E-state index contributed by atoms with van der Waals surface area (Å²) in [4.78, 5) is 28.0. The Bertz CT molecular complexity index is 730. The average molecular weight is 329 g/mol. The van der Waals surface area contributed by atoms with Gasteiger partial charge in [-0.2, -0.15) is 4.57 Å². The van der Waals surface area contributed by atoms with Crippen molar-refractivity contribution in [3.05, 3.63) is 52.6 Å². The molecule has 0 spiro atoms. The number of carbonyl (C=O) groups excluding carboxylic acids is 2. The number of H-pyrrole nitrogens is 1. The van der Waals surface area contributed by atoms with Gasteiger partial charge in [0.15, 0.2) is 12.4 Å². The van der Waals surface area contributed by atoms with Crippen LogP contribution < -0.4 is 4.57 Å². The first kappa shape index (κ1) is 17.9. The lowest BCUT2D eigenvalue weighted by atomic mass is 10.0. The number of hydrogen-bond acceptors (Lipinski definition) is 3. The molecule has 5 heteroatoms. The standard InChI is InChI=1S/C19H24N2O3/c1-5-7-15-8-10-21(11-9-15)12-16(22)17-13(3)20-14(4)18(17)19(23)24-6-2/h8-11H,5-7,12H2,1-4H3/p+1. The number of Topliss-reactive ketones (excluding diaryl/α,β-unsaturated/α-hetero) is 1. The van der Waals surface area contributed by atoms with Crippen LogP contribution in [0.5, 0.6) is 0 Å². The van der Waals surface area contributed by atoms with E-state index >= 15 is 0 Å². The van der Waals surface area contributed by atoms with Crippen LogP contribution >= 0.6 is 0 Å². The second kappa shape index (κ2) is 7.90. The van der Waals surface area contributed by atoms with Crippen molar-refractivity contribution in [3.8, 4) is 0 Å². The Labute approximate surface area is 142 Å². The predicted molar refractivity (Wildman–Crippen MR) is 91.2 cm³/mol. The first-order valence-corrected chi connectivity index (χ1v) is 8.35. The van der Waals surface area contributed by atoms with Crippen molar-refractivity contribution in [1.82, 2.24) is 4.98 Å². The number of nitrogens with zero attached hydrogens (tertiary/aromatic N) is 1. The molecule has 0 unspecified atom stereocenters. The van der Waals surface area contributed by atoms with Crippen LogP contribution in [-0.4, -0.2) is 23.3 Å². The van der Waals surface area contributed by atoms with Gasteiger partial charge in [0.05, 0.1) is 17.7 Å². The first-order valence-electron chi connectivity index (χ1n) is 8.35. The second-order valence-electron chi connectivity index (χ2n) is 5.90. The molecule has 128 valence electrons. The lowest BCUT2D eigenvalue weighted by molar-refractivity contribution is -0.683. The van der Waals surface area contributed by atoms with Crippen molar-refractivity contribution < 1.29 is 18.9 Å². The lowest BCUT2D eigenvalue weighted by Crippen LogP contribution is -2.37. The molecule has 2 heterocycles. The number of esters is 1. The molecule has 0 aliphatic heterocycles. The van der Waals surface area contributed by atoms with Gasteiger partial charge in [0.2, 0.25) is 12.3 Å². The molecule has 2 aromatic heterocycles. The summed E-state index contributed by atoms with van der Waals surface area (Å²) in [5.41, 5.74) is 3.39. The van der Waals surface area contributed by atoms with Crippen molar-refractivity contribution in [2.75, 3.05) is 6.61 Å². The van der Waals surface area contributed by atoms with Crippen LogP contribution in [0.4, 0.5) is 0 Å². The van der Waals surface area contributed by atoms with E-state index in [1.165, 1.54) is 5.56 Å². The zero-order chi connectivity index (χ0) is 17.7. The van der Waals surface area contributed by atoms with Gasteiger partial charge in [-0.25, -0.2) is 4.79 Å². The molecule has 0 bridgehead atoms. The summed E-state index contributed by atoms with van der Waals surface area (Å²) in [6.45, 7) is 7.95. The summed E-state index contributed by atoms with van der Waals surface area (Å²) >= 11 is 0. The van der Waals surface area contributed by atoms with E-state index in [9.17, 15) is 9.59 Å². The first-order chi connectivity index (χ1) is 11.5. The summed E-state index contributed by atoms with van der Waals surface area (Å²) in [6.07, 6.45) is 5.93. The largest absolute Gasteiger partial charge is 0.462 e. The Hall–Kier alpha value is -2.43. The molecule has 0 radical (unpaired) electrons. The molecule has 0 amide bonds. The van der Waals surface area contributed by atoms with Crippen LogP contribution in [-0.2, 0) is 17.7 Å². The van der Waals surface area contributed by atoms with E-state index in [1.54, 1.807) is 20.8 Å². The van der Waals surface area contributed by atoms with Crippen molar-refractivity contribution in [3.63, 3.8) is 0 Å². The molecular formula is C19H25N2O3+. The van der Waals surface area contributed by atoms with Crippen LogP contribution in [0.3, 0.4) is 0 Å². The van der Waals surface area contributed by atoms with Crippen LogP contribution in [0.25, 0.3) is 0 Å². The zero-order valence-corrected chi connectivity index (χ0v) is 14.8. The van der Waals surface area contributed by atoms with Gasteiger partial charge in [-0.3, -0.25) is 4.79 Å². The zero-order valence-electron chi connectivity index (χ0n) is 14.8. The number of rotatable bonds is 7. The van der Waals surface area contributed by atoms with Gasteiger partial charge in [-0.1, -0.05) is 13.3 Å². The molecule has 0 fully saturated rings. The summed E-state index contributed by atoms with van der Waals surface area (Å²) in [5, 5.41) is 0. The van der Waals surface area contributed by atoms with E-state index in [1.807, 2.05) is 29.1 Å². The van der Waals surface area contributed by atoms with E-state index < -0.39 is 5.97 Å². The highest BCUT2D eigenvalue weighted by atomic mass is 16.5. The number of aromatic amines is 1. The van der Waals surface area contributed by atoms with Crippen molar-refractivity contribution in [2.45, 2.75) is 47.1 Å². The minimum atomic E-state index is -0.453. The van der Waals surface area contributed by atoms with Gasteiger partial charge in [0.25, 0.3) is 0 Å². The SMILES string of the molecule is CCCc1cc[n+](CC(=O)c2c(C)[nH]c(C)c2C(=O)OCC)cc1. The third kappa shape index (κ3) is 3.91. The topological polar surface area (TPSA) is 63.0 Å². The highest BCUT2D eigenvalue weighted by molar-refractivity contribution is 6.07. The molecule has 0 aliphatic rings. The smallest absolute Gasteiger partial charge is 0.340 e. The van der Waals surface area contributed by atoms with E-state index in [-0.39, 0.29) is 18.9 Å². The normalized spacial score (nSPS) is 10.7. The molecule has 0 saturated carbocycles. The Balaban J connectivity index is 2.25. The van der Waals surface area contributed by atoms with Crippen LogP contribution in [0.2, 0.25) is 0 Å². The van der Waals surface area contributed by atoms with Crippen molar-refractivity contribution in [1.29, 1.82) is 0 Å². The van der Waals surface area contributed by atoms with Crippen LogP contribution in [0.15, 0.2) is 24.5 Å². The quantitative estimate of drug-likeness (QED) is 0.482. The molecule has 0 aliphatic carbocycles. The van der Waals surface area contributed by atoms with Gasteiger partial charge < -0.3 is 9.72 Å². The fraction of sp³-hybridized carbons (Fsp3) is 0.421. The maximum absolute atomic E-state index is 12.7.